The van der Waals surface area contributed by atoms with Crippen LogP contribution in [0.5, 0.6) is 11.5 Å². The Balaban J connectivity index is 0.00000342. The zero-order valence-corrected chi connectivity index (χ0v) is 24.6. The van der Waals surface area contributed by atoms with Gasteiger partial charge in [0.05, 0.1) is 39.6 Å². The van der Waals surface area contributed by atoms with E-state index < -0.39 is 0 Å². The predicted octanol–water partition coefficient (Wildman–Crippen LogP) is 2.17. The van der Waals surface area contributed by atoms with Crippen molar-refractivity contribution < 1.29 is 47.5 Å². The summed E-state index contributed by atoms with van der Waals surface area (Å²) >= 11 is 5.46. The first-order valence-corrected chi connectivity index (χ1v) is 14.7. The Hall–Kier alpha value is -0.980. The summed E-state index contributed by atoms with van der Waals surface area (Å²) in [6.07, 6.45) is 4.31. The minimum atomic E-state index is 0. The highest BCUT2D eigenvalue weighted by atomic mass is 127. The summed E-state index contributed by atoms with van der Waals surface area (Å²) in [5.74, 6) is 5.34. The second-order valence-corrected chi connectivity index (χ2v) is 11.2. The highest BCUT2D eigenvalue weighted by Gasteiger charge is 2.13. The molecule has 0 unspecified atom stereocenters. The molecule has 0 aliphatic carbocycles. The van der Waals surface area contributed by atoms with Crippen LogP contribution in [0.15, 0.2) is 42.5 Å². The summed E-state index contributed by atoms with van der Waals surface area (Å²) in [4.78, 5) is 0. The lowest BCUT2D eigenvalue weighted by atomic mass is 10.2. The maximum Gasteiger partial charge on any atom is 0.262 e. The standard InChI is InChI=1S/C26H32NO4S3.HI/c1-27-22-4-2-3-5-25(22)34-26(27)9-7-21-6-8-23-24(20-21)31-15-19-33-17-13-29-11-10-28-12-16-32-18-14-30-23;/h2-9,20H,10-19H2,1H3;1H/q+1;/p-1/b9-7+;. The summed E-state index contributed by atoms with van der Waals surface area (Å²) in [6, 6.07) is 14.7. The fourth-order valence-corrected chi connectivity index (χ4v) is 5.81. The van der Waals surface area contributed by atoms with Crippen LogP contribution in [0.2, 0.25) is 0 Å². The molecule has 0 bridgehead atoms. The lowest BCUT2D eigenvalue weighted by Gasteiger charge is -2.14. The van der Waals surface area contributed by atoms with Gasteiger partial charge in [0.25, 0.3) is 5.01 Å². The summed E-state index contributed by atoms with van der Waals surface area (Å²) in [5.41, 5.74) is 2.34. The van der Waals surface area contributed by atoms with E-state index in [9.17, 15) is 0 Å². The Kier molecular flexibility index (Phi) is 13.1. The van der Waals surface area contributed by atoms with Gasteiger partial charge in [0, 0.05) is 35.2 Å². The van der Waals surface area contributed by atoms with Gasteiger partial charge in [-0.2, -0.15) is 28.1 Å². The van der Waals surface area contributed by atoms with Crippen molar-refractivity contribution >= 4 is 57.2 Å². The first-order valence-electron chi connectivity index (χ1n) is 11.6. The van der Waals surface area contributed by atoms with Crippen molar-refractivity contribution in [2.75, 3.05) is 62.7 Å². The number of halogens is 1. The molecular weight excluding hydrogens is 613 g/mol. The van der Waals surface area contributed by atoms with E-state index in [1.54, 1.807) is 11.3 Å². The Morgan fingerprint density at radius 2 is 1.40 bits per heavy atom. The van der Waals surface area contributed by atoms with Crippen LogP contribution in [-0.4, -0.2) is 62.7 Å². The normalized spacial score (nSPS) is 16.9. The third kappa shape index (κ3) is 9.12. The lowest BCUT2D eigenvalue weighted by Crippen LogP contribution is -3.00. The van der Waals surface area contributed by atoms with E-state index >= 15 is 0 Å². The molecule has 2 aromatic carbocycles. The molecule has 0 saturated carbocycles. The average Bonchev–Trinajstić information content (AvgIpc) is 3.18. The molecule has 35 heavy (non-hydrogen) atoms. The second-order valence-electron chi connectivity index (χ2n) is 7.65. The molecule has 1 aliphatic rings. The quantitative estimate of drug-likeness (QED) is 0.315. The van der Waals surface area contributed by atoms with E-state index in [0.29, 0.717) is 26.4 Å². The molecule has 190 valence electrons. The van der Waals surface area contributed by atoms with Crippen LogP contribution >= 0.6 is 34.9 Å². The number of para-hydroxylation sites is 1. The van der Waals surface area contributed by atoms with Crippen molar-refractivity contribution in [2.24, 2.45) is 7.05 Å². The van der Waals surface area contributed by atoms with Crippen molar-refractivity contribution in [2.45, 2.75) is 0 Å². The van der Waals surface area contributed by atoms with Crippen LogP contribution in [0.25, 0.3) is 22.4 Å². The van der Waals surface area contributed by atoms with Gasteiger partial charge in [-0.15, -0.1) is 0 Å². The minimum Gasteiger partial charge on any atom is -1.00 e. The second kappa shape index (κ2) is 16.0. The maximum atomic E-state index is 6.15. The van der Waals surface area contributed by atoms with Gasteiger partial charge in [0.15, 0.2) is 11.5 Å². The molecule has 0 radical (unpaired) electrons. The summed E-state index contributed by atoms with van der Waals surface area (Å²) < 4.78 is 27.0. The number of ether oxygens (including phenoxy) is 4. The number of nitrogens with zero attached hydrogens (tertiary/aromatic N) is 1. The van der Waals surface area contributed by atoms with Gasteiger partial charge < -0.3 is 42.9 Å². The van der Waals surface area contributed by atoms with Gasteiger partial charge in [0.2, 0.25) is 5.52 Å². The minimum absolute atomic E-state index is 0. The molecule has 1 aromatic heterocycles. The number of aryl methyl sites for hydroxylation is 1. The smallest absolute Gasteiger partial charge is 0.262 e. The van der Waals surface area contributed by atoms with Gasteiger partial charge in [0.1, 0.15) is 11.7 Å². The first kappa shape index (κ1) is 28.6. The largest absolute Gasteiger partial charge is 1.00 e. The van der Waals surface area contributed by atoms with Gasteiger partial charge in [-0.25, -0.2) is 0 Å². The number of hydrogen-bond donors (Lipinski definition) is 0. The van der Waals surface area contributed by atoms with Crippen molar-refractivity contribution in [3.63, 3.8) is 0 Å². The maximum absolute atomic E-state index is 6.15. The van der Waals surface area contributed by atoms with E-state index in [4.69, 9.17) is 18.9 Å². The molecule has 0 spiro atoms. The van der Waals surface area contributed by atoms with Crippen LogP contribution in [0.1, 0.15) is 10.6 Å². The fraction of sp³-hybridized carbons (Fsp3) is 0.423. The molecule has 0 saturated heterocycles. The highest BCUT2D eigenvalue weighted by Crippen LogP contribution is 2.30. The molecule has 0 N–H and O–H groups in total. The van der Waals surface area contributed by atoms with Crippen LogP contribution in [0, 0.1) is 0 Å². The molecule has 2 heterocycles. The number of thioether (sulfide) groups is 2. The molecule has 0 fully saturated rings. The number of rotatable bonds is 2. The van der Waals surface area contributed by atoms with Gasteiger partial charge in [-0.3, -0.25) is 0 Å². The summed E-state index contributed by atoms with van der Waals surface area (Å²) in [7, 11) is 2.11. The van der Waals surface area contributed by atoms with Crippen molar-refractivity contribution in [1.82, 2.24) is 0 Å². The molecule has 0 atom stereocenters. The monoisotopic (exact) mass is 645 g/mol. The van der Waals surface area contributed by atoms with Crippen LogP contribution in [0.4, 0.5) is 0 Å². The summed E-state index contributed by atoms with van der Waals surface area (Å²) in [5, 5.41) is 1.21. The lowest BCUT2D eigenvalue weighted by molar-refractivity contribution is -0.642. The van der Waals surface area contributed by atoms with E-state index in [1.165, 1.54) is 15.2 Å². The topological polar surface area (TPSA) is 40.8 Å². The Bertz CT molecular complexity index is 1080. The van der Waals surface area contributed by atoms with E-state index in [-0.39, 0.29) is 24.0 Å². The third-order valence-corrected chi connectivity index (χ3v) is 8.25. The fourth-order valence-electron chi connectivity index (χ4n) is 3.48. The summed E-state index contributed by atoms with van der Waals surface area (Å²) in [6.45, 7) is 4.09. The SMILES string of the molecule is C[n+]1c(/C=C/c2ccc3c(c2)OCCSCCOCCOCCSCCO3)sc2ccccc21.[I-]. The molecule has 1 aliphatic heterocycles. The Labute approximate surface area is 237 Å². The predicted molar refractivity (Wildman–Crippen MR) is 146 cm³/mol. The van der Waals surface area contributed by atoms with E-state index in [0.717, 1.165) is 53.3 Å². The molecule has 9 heteroatoms. The van der Waals surface area contributed by atoms with E-state index in [2.05, 4.69) is 60.2 Å². The number of thiazole rings is 1. The molecule has 4 rings (SSSR count). The highest BCUT2D eigenvalue weighted by molar-refractivity contribution is 7.99. The van der Waals surface area contributed by atoms with Gasteiger partial charge in [-0.1, -0.05) is 29.5 Å². The third-order valence-electron chi connectivity index (χ3n) is 5.24. The van der Waals surface area contributed by atoms with E-state index in [1.807, 2.05) is 29.6 Å². The molecular formula is C26H32INO4S3. The van der Waals surface area contributed by atoms with Crippen LogP contribution in [-0.2, 0) is 16.5 Å². The van der Waals surface area contributed by atoms with Crippen LogP contribution < -0.4 is 38.0 Å². The van der Waals surface area contributed by atoms with Crippen molar-refractivity contribution in [1.29, 1.82) is 0 Å². The zero-order valence-electron chi connectivity index (χ0n) is 20.0. The van der Waals surface area contributed by atoms with Gasteiger partial charge in [-0.05, 0) is 29.8 Å². The van der Waals surface area contributed by atoms with Crippen LogP contribution in [0.3, 0.4) is 0 Å². The number of aromatic nitrogens is 1. The Morgan fingerprint density at radius 1 is 0.743 bits per heavy atom. The molecule has 5 nitrogen and oxygen atoms in total. The van der Waals surface area contributed by atoms with Gasteiger partial charge >= 0.3 is 0 Å². The number of fused-ring (bicyclic) bond motifs is 2. The van der Waals surface area contributed by atoms with Crippen molar-refractivity contribution in [3.05, 3.63) is 53.0 Å². The average molecular weight is 646 g/mol. The number of benzene rings is 2. The zero-order chi connectivity index (χ0) is 23.4. The molecule has 0 amide bonds. The number of hydrogen-bond acceptors (Lipinski definition) is 7. The van der Waals surface area contributed by atoms with Crippen molar-refractivity contribution in [3.8, 4) is 11.5 Å². The molecule has 3 aromatic rings. The first-order chi connectivity index (χ1) is 16.8. The Morgan fingerprint density at radius 3 is 2.11 bits per heavy atom.